The first kappa shape index (κ1) is 12.4. The number of nitrogens with one attached hydrogen (secondary N) is 4. The summed E-state index contributed by atoms with van der Waals surface area (Å²) in [5, 5.41) is 0. The summed E-state index contributed by atoms with van der Waals surface area (Å²) >= 11 is 0. The van der Waals surface area contributed by atoms with Gasteiger partial charge in [0.1, 0.15) is 0 Å². The largest absolute Gasteiger partial charge is 0.311 e. The molecule has 0 atom stereocenters. The fraction of sp³-hybridized carbons (Fsp3) is 0.500. The maximum absolute atomic E-state index is 11.2. The normalized spacial score (nSPS) is 21.0. The number of Topliss-reactive ketones (excluding diaryl/α,β-unsaturated/α-hetero) is 3. The molecule has 8 heteroatoms. The van der Waals surface area contributed by atoms with E-state index in [1.807, 2.05) is 5.43 Å². The first-order chi connectivity index (χ1) is 7.63. The Balaban J connectivity index is 2.64. The number of hydrogen-bond acceptors (Lipinski definition) is 7. The average Bonchev–Trinajstić information content (AvgIpc) is 2.28. The van der Waals surface area contributed by atoms with Gasteiger partial charge >= 0.3 is 5.91 Å². The number of amides is 1. The van der Waals surface area contributed by atoms with Gasteiger partial charge in [-0.2, -0.15) is 11.1 Å². The molecule has 8 nitrogen and oxygen atoms in total. The number of ketones is 3. The number of hydrazine groups is 3. The average molecular weight is 228 g/mol. The van der Waals surface area contributed by atoms with Crippen molar-refractivity contribution in [1.29, 1.82) is 0 Å². The van der Waals surface area contributed by atoms with Crippen LogP contribution in [-0.2, 0) is 19.2 Å². The molecule has 0 spiro atoms. The van der Waals surface area contributed by atoms with Crippen LogP contribution in [0.2, 0.25) is 0 Å². The lowest BCUT2D eigenvalue weighted by Gasteiger charge is -2.10. The van der Waals surface area contributed by atoms with Gasteiger partial charge in [-0.25, -0.2) is 5.43 Å². The molecule has 1 rings (SSSR count). The van der Waals surface area contributed by atoms with Crippen molar-refractivity contribution in [2.24, 2.45) is 0 Å². The maximum atomic E-state index is 11.2. The van der Waals surface area contributed by atoms with Crippen LogP contribution < -0.4 is 21.9 Å². The zero-order valence-corrected chi connectivity index (χ0v) is 8.46. The maximum Gasteiger partial charge on any atom is 0.311 e. The topological polar surface area (TPSA) is 116 Å². The molecule has 0 aromatic rings. The molecule has 1 aliphatic heterocycles. The van der Waals surface area contributed by atoms with Crippen molar-refractivity contribution in [3.8, 4) is 0 Å². The Labute approximate surface area is 91.0 Å². The Morgan fingerprint density at radius 1 is 0.875 bits per heavy atom. The first-order valence-corrected chi connectivity index (χ1v) is 4.77. The molecular weight excluding hydrogens is 216 g/mol. The second-order valence-corrected chi connectivity index (χ2v) is 3.17. The third-order valence-corrected chi connectivity index (χ3v) is 1.95. The van der Waals surface area contributed by atoms with Gasteiger partial charge in [0.2, 0.25) is 5.78 Å². The Hall–Kier alpha value is -1.64. The first-order valence-electron chi connectivity index (χ1n) is 4.77. The van der Waals surface area contributed by atoms with Gasteiger partial charge < -0.3 is 0 Å². The zero-order chi connectivity index (χ0) is 12.0. The van der Waals surface area contributed by atoms with Crippen LogP contribution in [0, 0.1) is 0 Å². The smallest absolute Gasteiger partial charge is 0.290 e. The predicted molar refractivity (Wildman–Crippen MR) is 51.3 cm³/mol. The summed E-state index contributed by atoms with van der Waals surface area (Å²) in [7, 11) is 0. The molecule has 1 aliphatic rings. The summed E-state index contributed by atoms with van der Waals surface area (Å²) in [5.74, 6) is -4.63. The molecule has 1 amide bonds. The second kappa shape index (κ2) is 6.05. The fourth-order valence-corrected chi connectivity index (χ4v) is 1.09. The lowest BCUT2D eigenvalue weighted by Crippen LogP contribution is -2.55. The summed E-state index contributed by atoms with van der Waals surface area (Å²) < 4.78 is 0. The van der Waals surface area contributed by atoms with Crippen LogP contribution in [0.5, 0.6) is 0 Å². The monoisotopic (exact) mass is 228 g/mol. The molecule has 0 aliphatic carbocycles. The summed E-state index contributed by atoms with van der Waals surface area (Å²) in [6.07, 6.45) is 1.12. The van der Waals surface area contributed by atoms with Crippen molar-refractivity contribution in [3.05, 3.63) is 0 Å². The van der Waals surface area contributed by atoms with Crippen molar-refractivity contribution in [1.82, 2.24) is 21.9 Å². The minimum absolute atomic E-state index is 0.0209. The van der Waals surface area contributed by atoms with Gasteiger partial charge in [-0.3, -0.25) is 24.6 Å². The van der Waals surface area contributed by atoms with E-state index < -0.39 is 23.3 Å². The molecule has 4 N–H and O–H groups in total. The van der Waals surface area contributed by atoms with Crippen molar-refractivity contribution < 1.29 is 19.2 Å². The minimum Gasteiger partial charge on any atom is -0.290 e. The molecule has 1 saturated heterocycles. The summed E-state index contributed by atoms with van der Waals surface area (Å²) in [6.45, 7) is 0.554. The predicted octanol–water partition coefficient (Wildman–Crippen LogP) is -2.49. The highest BCUT2D eigenvalue weighted by molar-refractivity contribution is 6.77. The van der Waals surface area contributed by atoms with Crippen LogP contribution in [0.15, 0.2) is 0 Å². The number of rotatable bonds is 0. The Kier molecular flexibility index (Phi) is 4.70. The van der Waals surface area contributed by atoms with Crippen LogP contribution >= 0.6 is 0 Å². The van der Waals surface area contributed by atoms with Gasteiger partial charge in [0.05, 0.1) is 0 Å². The molecule has 0 unspecified atom stereocenters. The molecule has 16 heavy (non-hydrogen) atoms. The van der Waals surface area contributed by atoms with Crippen LogP contribution in [0.4, 0.5) is 0 Å². The van der Waals surface area contributed by atoms with Gasteiger partial charge in [-0.15, -0.1) is 0 Å². The molecule has 0 aromatic heterocycles. The Morgan fingerprint density at radius 3 is 2.38 bits per heavy atom. The molecule has 1 heterocycles. The van der Waals surface area contributed by atoms with Crippen molar-refractivity contribution in [2.45, 2.75) is 19.3 Å². The van der Waals surface area contributed by atoms with Crippen LogP contribution in [0.3, 0.4) is 0 Å². The van der Waals surface area contributed by atoms with E-state index in [2.05, 4.69) is 16.5 Å². The molecular formula is C8H12N4O4. The van der Waals surface area contributed by atoms with Crippen molar-refractivity contribution in [3.63, 3.8) is 0 Å². The summed E-state index contributed by atoms with van der Waals surface area (Å²) in [6, 6.07) is 0. The van der Waals surface area contributed by atoms with Crippen molar-refractivity contribution in [2.75, 3.05) is 6.54 Å². The van der Waals surface area contributed by atoms with E-state index in [4.69, 9.17) is 0 Å². The molecule has 0 radical (unpaired) electrons. The van der Waals surface area contributed by atoms with Gasteiger partial charge in [0.25, 0.3) is 11.6 Å². The second-order valence-electron chi connectivity index (χ2n) is 3.17. The third kappa shape index (κ3) is 3.50. The summed E-state index contributed by atoms with van der Waals surface area (Å²) in [4.78, 5) is 44.4. The summed E-state index contributed by atoms with van der Waals surface area (Å²) in [5.41, 5.74) is 9.17. The quantitative estimate of drug-likeness (QED) is 0.339. The van der Waals surface area contributed by atoms with Gasteiger partial charge in [-0.1, -0.05) is 0 Å². The number of carbonyl (C=O) groups excluding carboxylic acids is 4. The highest BCUT2D eigenvalue weighted by Gasteiger charge is 2.28. The minimum atomic E-state index is -1.36. The van der Waals surface area contributed by atoms with E-state index in [1.54, 1.807) is 0 Å². The van der Waals surface area contributed by atoms with E-state index >= 15 is 0 Å². The molecule has 0 aromatic carbocycles. The highest BCUT2D eigenvalue weighted by Crippen LogP contribution is 1.97. The van der Waals surface area contributed by atoms with Gasteiger partial charge in [-0.05, 0) is 12.8 Å². The number of carbonyl (C=O) groups is 4. The Morgan fingerprint density at radius 2 is 1.62 bits per heavy atom. The lowest BCUT2D eigenvalue weighted by molar-refractivity contribution is -0.149. The molecule has 1 fully saturated rings. The van der Waals surface area contributed by atoms with E-state index in [1.165, 1.54) is 0 Å². The third-order valence-electron chi connectivity index (χ3n) is 1.95. The molecule has 0 saturated carbocycles. The van der Waals surface area contributed by atoms with E-state index in [0.717, 1.165) is 0 Å². The molecule has 88 valence electrons. The van der Waals surface area contributed by atoms with Crippen LogP contribution in [0.1, 0.15) is 19.3 Å². The standard InChI is InChI=1S/C8H12N4O4/c13-5-3-1-2-4-9-11-12-10-8(16)7(15)6(5)14/h9,11-12H,1-4H2,(H,10,16). The van der Waals surface area contributed by atoms with Crippen LogP contribution in [-0.4, -0.2) is 29.8 Å². The van der Waals surface area contributed by atoms with E-state index in [-0.39, 0.29) is 6.42 Å². The lowest BCUT2D eigenvalue weighted by atomic mass is 10.1. The van der Waals surface area contributed by atoms with E-state index in [0.29, 0.717) is 19.4 Å². The van der Waals surface area contributed by atoms with Crippen LogP contribution in [0.25, 0.3) is 0 Å². The van der Waals surface area contributed by atoms with Crippen molar-refractivity contribution >= 4 is 23.3 Å². The molecule has 0 bridgehead atoms. The Bertz CT molecular complexity index is 296. The number of hydrogen-bond donors (Lipinski definition) is 4. The van der Waals surface area contributed by atoms with Gasteiger partial charge in [0.15, 0.2) is 0 Å². The highest BCUT2D eigenvalue weighted by atomic mass is 16.2. The zero-order valence-electron chi connectivity index (χ0n) is 8.46. The van der Waals surface area contributed by atoms with E-state index in [9.17, 15) is 19.2 Å². The van der Waals surface area contributed by atoms with Gasteiger partial charge in [0, 0.05) is 13.0 Å². The SMILES string of the molecule is O=C1CCCCNNNNC(=O)C(=O)C1=O. The fourth-order valence-electron chi connectivity index (χ4n) is 1.09.